The van der Waals surface area contributed by atoms with Gasteiger partial charge in [0, 0.05) is 6.07 Å². The van der Waals surface area contributed by atoms with Crippen molar-refractivity contribution in [1.29, 1.82) is 0 Å². The summed E-state index contributed by atoms with van der Waals surface area (Å²) in [6.45, 7) is 3.39. The van der Waals surface area contributed by atoms with Crippen LogP contribution >= 0.6 is 11.6 Å². The van der Waals surface area contributed by atoms with Crippen molar-refractivity contribution >= 4 is 29.1 Å². The number of aryl methyl sites for hydroxylation is 1. The number of nitrogens with two attached hydrogens (primary N) is 1. The number of benzene rings is 1. The zero-order valence-corrected chi connectivity index (χ0v) is 15.2. The Labute approximate surface area is 155 Å². The van der Waals surface area contributed by atoms with E-state index >= 15 is 0 Å². The molecule has 26 heavy (non-hydrogen) atoms. The quantitative estimate of drug-likeness (QED) is 0.622. The number of anilines is 3. The van der Waals surface area contributed by atoms with Crippen molar-refractivity contribution < 1.29 is 14.4 Å². The lowest BCUT2D eigenvalue weighted by atomic mass is 9.92. The largest absolute Gasteiger partial charge is 0.495 e. The summed E-state index contributed by atoms with van der Waals surface area (Å²) in [7, 11) is 1.54. The molecule has 1 aromatic carbocycles. The number of halogens is 1. The van der Waals surface area contributed by atoms with Gasteiger partial charge in [0.05, 0.1) is 19.0 Å². The van der Waals surface area contributed by atoms with Gasteiger partial charge in [0.1, 0.15) is 27.8 Å². The number of rotatable bonds is 5. The molecule has 0 amide bonds. The molecule has 0 spiro atoms. The highest BCUT2D eigenvalue weighted by atomic mass is 35.5. The molecule has 2 aromatic heterocycles. The Morgan fingerprint density at radius 3 is 2.77 bits per heavy atom. The summed E-state index contributed by atoms with van der Waals surface area (Å²) >= 11 is 6.11. The first kappa shape index (κ1) is 18.0. The van der Waals surface area contributed by atoms with Crippen molar-refractivity contribution in [3.63, 3.8) is 0 Å². The van der Waals surface area contributed by atoms with Crippen molar-refractivity contribution in [3.05, 3.63) is 52.5 Å². The van der Waals surface area contributed by atoms with Gasteiger partial charge in [0.2, 0.25) is 5.95 Å². The van der Waals surface area contributed by atoms with Gasteiger partial charge in [-0.25, -0.2) is 4.98 Å². The smallest absolute Gasteiger partial charge is 0.222 e. The molecule has 0 saturated heterocycles. The number of nitrogens with zero attached hydrogens (tertiary/aromatic N) is 3. The van der Waals surface area contributed by atoms with Crippen LogP contribution in [0.1, 0.15) is 23.9 Å². The minimum absolute atomic E-state index is 0.0806. The number of aromatic nitrogens is 3. The molecule has 0 fully saturated rings. The molecule has 0 aliphatic carbocycles. The van der Waals surface area contributed by atoms with Crippen LogP contribution in [-0.2, 0) is 5.60 Å². The molecule has 0 saturated carbocycles. The first-order chi connectivity index (χ1) is 12.3. The predicted octanol–water partition coefficient (Wildman–Crippen LogP) is 3.02. The van der Waals surface area contributed by atoms with Crippen LogP contribution in [0.2, 0.25) is 5.02 Å². The summed E-state index contributed by atoms with van der Waals surface area (Å²) in [5.41, 5.74) is 5.77. The lowest BCUT2D eigenvalue weighted by molar-refractivity contribution is 0.0932. The van der Waals surface area contributed by atoms with Gasteiger partial charge in [-0.05, 0) is 31.5 Å². The molecule has 0 radical (unpaired) electrons. The number of aliphatic hydroxyl groups is 1. The third-order valence-electron chi connectivity index (χ3n) is 3.90. The molecule has 0 aliphatic rings. The standard InChI is InChI=1S/C17H18ClN5O3/c1-9-6-14(23-26-9)17(2,24)10-4-5-13(25-3)12(7-10)21-15-11(18)8-20-16(19)22-15/h4-8,24H,1-3H3,(H3,19,20,21,22). The van der Waals surface area contributed by atoms with E-state index in [-0.39, 0.29) is 5.95 Å². The molecule has 0 bridgehead atoms. The summed E-state index contributed by atoms with van der Waals surface area (Å²) < 4.78 is 10.4. The minimum Gasteiger partial charge on any atom is -0.495 e. The summed E-state index contributed by atoms with van der Waals surface area (Å²) in [5.74, 6) is 1.55. The van der Waals surface area contributed by atoms with Gasteiger partial charge < -0.3 is 25.4 Å². The molecule has 136 valence electrons. The van der Waals surface area contributed by atoms with Crippen molar-refractivity contribution in [1.82, 2.24) is 15.1 Å². The lowest BCUT2D eigenvalue weighted by Crippen LogP contribution is -2.23. The van der Waals surface area contributed by atoms with Crippen LogP contribution in [-0.4, -0.2) is 27.3 Å². The van der Waals surface area contributed by atoms with E-state index in [2.05, 4.69) is 20.4 Å². The van der Waals surface area contributed by atoms with E-state index in [1.807, 2.05) is 0 Å². The minimum atomic E-state index is -1.37. The fraction of sp³-hybridized carbons (Fsp3) is 0.235. The Hall–Kier alpha value is -2.84. The Kier molecular flexibility index (Phi) is 4.71. The molecule has 8 nitrogen and oxygen atoms in total. The second-order valence-corrected chi connectivity index (χ2v) is 6.27. The molecular weight excluding hydrogens is 358 g/mol. The second kappa shape index (κ2) is 6.81. The van der Waals surface area contributed by atoms with E-state index in [1.54, 1.807) is 38.1 Å². The number of hydrogen-bond donors (Lipinski definition) is 3. The van der Waals surface area contributed by atoms with Crippen LogP contribution in [0.4, 0.5) is 17.5 Å². The molecule has 4 N–H and O–H groups in total. The van der Waals surface area contributed by atoms with Gasteiger partial charge in [-0.15, -0.1) is 0 Å². The van der Waals surface area contributed by atoms with E-state index in [1.165, 1.54) is 13.3 Å². The number of nitrogens with one attached hydrogen (secondary N) is 1. The van der Waals surface area contributed by atoms with Crippen molar-refractivity contribution in [2.75, 3.05) is 18.2 Å². The van der Waals surface area contributed by atoms with Crippen LogP contribution in [0.3, 0.4) is 0 Å². The van der Waals surface area contributed by atoms with Crippen LogP contribution < -0.4 is 15.8 Å². The molecule has 2 heterocycles. The Balaban J connectivity index is 2.03. The normalized spacial score (nSPS) is 13.3. The Bertz CT molecular complexity index is 942. The Morgan fingerprint density at radius 2 is 2.12 bits per heavy atom. The number of ether oxygens (including phenoxy) is 1. The molecule has 1 unspecified atom stereocenters. The predicted molar refractivity (Wildman–Crippen MR) is 97.6 cm³/mol. The maximum atomic E-state index is 11.0. The summed E-state index contributed by atoms with van der Waals surface area (Å²) in [6, 6.07) is 6.86. The third kappa shape index (κ3) is 3.42. The topological polar surface area (TPSA) is 119 Å². The molecule has 3 aromatic rings. The number of nitrogen functional groups attached to an aromatic ring is 1. The fourth-order valence-electron chi connectivity index (χ4n) is 2.45. The Morgan fingerprint density at radius 1 is 1.35 bits per heavy atom. The highest BCUT2D eigenvalue weighted by Gasteiger charge is 2.30. The molecule has 9 heteroatoms. The van der Waals surface area contributed by atoms with Gasteiger partial charge >= 0.3 is 0 Å². The highest BCUT2D eigenvalue weighted by molar-refractivity contribution is 6.32. The first-order valence-corrected chi connectivity index (χ1v) is 8.08. The first-order valence-electron chi connectivity index (χ1n) is 7.71. The van der Waals surface area contributed by atoms with Crippen LogP contribution in [0, 0.1) is 6.92 Å². The molecule has 0 aliphatic heterocycles. The van der Waals surface area contributed by atoms with E-state index < -0.39 is 5.60 Å². The van der Waals surface area contributed by atoms with Gasteiger partial charge in [-0.2, -0.15) is 4.98 Å². The van der Waals surface area contributed by atoms with Gasteiger partial charge in [0.25, 0.3) is 0 Å². The van der Waals surface area contributed by atoms with Gasteiger partial charge in [-0.3, -0.25) is 0 Å². The third-order valence-corrected chi connectivity index (χ3v) is 4.18. The zero-order valence-electron chi connectivity index (χ0n) is 14.4. The monoisotopic (exact) mass is 375 g/mol. The SMILES string of the molecule is COc1ccc(C(C)(O)c2cc(C)on2)cc1Nc1nc(N)ncc1Cl. The summed E-state index contributed by atoms with van der Waals surface area (Å²) in [6.07, 6.45) is 1.40. The average molecular weight is 376 g/mol. The summed E-state index contributed by atoms with van der Waals surface area (Å²) in [5, 5.41) is 18.2. The van der Waals surface area contributed by atoms with Crippen LogP contribution in [0.15, 0.2) is 35.0 Å². The van der Waals surface area contributed by atoms with E-state index in [0.29, 0.717) is 39.3 Å². The lowest BCUT2D eigenvalue weighted by Gasteiger charge is -2.23. The number of hydrogen-bond acceptors (Lipinski definition) is 8. The van der Waals surface area contributed by atoms with Crippen LogP contribution in [0.5, 0.6) is 5.75 Å². The highest BCUT2D eigenvalue weighted by Crippen LogP contribution is 2.36. The van der Waals surface area contributed by atoms with Gasteiger partial charge in [0.15, 0.2) is 5.82 Å². The maximum Gasteiger partial charge on any atom is 0.222 e. The van der Waals surface area contributed by atoms with Gasteiger partial charge in [-0.1, -0.05) is 22.8 Å². The number of methoxy groups -OCH3 is 1. The fourth-order valence-corrected chi connectivity index (χ4v) is 2.59. The van der Waals surface area contributed by atoms with Crippen molar-refractivity contribution in [2.24, 2.45) is 0 Å². The van der Waals surface area contributed by atoms with E-state index in [9.17, 15) is 5.11 Å². The molecule has 1 atom stereocenters. The maximum absolute atomic E-state index is 11.0. The molecular formula is C17H18ClN5O3. The second-order valence-electron chi connectivity index (χ2n) is 5.86. The summed E-state index contributed by atoms with van der Waals surface area (Å²) in [4.78, 5) is 7.90. The molecule has 3 rings (SSSR count). The average Bonchev–Trinajstić information content (AvgIpc) is 3.05. The van der Waals surface area contributed by atoms with E-state index in [4.69, 9.17) is 26.6 Å². The van der Waals surface area contributed by atoms with Crippen molar-refractivity contribution in [3.8, 4) is 5.75 Å². The zero-order chi connectivity index (χ0) is 18.9. The van der Waals surface area contributed by atoms with Crippen LogP contribution in [0.25, 0.3) is 0 Å². The van der Waals surface area contributed by atoms with E-state index in [0.717, 1.165) is 0 Å². The van der Waals surface area contributed by atoms with Crippen molar-refractivity contribution in [2.45, 2.75) is 19.4 Å².